The average molecular weight is 294 g/mol. The number of hydrogen-bond donors (Lipinski definition) is 2. The number of nitrogens with one attached hydrogen (secondary N) is 1. The maximum atomic E-state index is 5.90. The van der Waals surface area contributed by atoms with Gasteiger partial charge in [0.15, 0.2) is 0 Å². The largest absolute Gasteiger partial charge is 0.389 e. The highest BCUT2D eigenvalue weighted by molar-refractivity contribution is 7.99. The molecule has 2 nitrogen and oxygen atoms in total. The molecule has 104 valence electrons. The predicted octanol–water partition coefficient (Wildman–Crippen LogP) is 3.89. The molecule has 1 saturated carbocycles. The summed E-state index contributed by atoms with van der Waals surface area (Å²) in [6, 6.07) is 6.23. The number of benzene rings is 1. The van der Waals surface area contributed by atoms with E-state index in [9.17, 15) is 0 Å². The Morgan fingerprint density at radius 3 is 2.74 bits per heavy atom. The fraction of sp³-hybridized carbons (Fsp3) is 0.533. The Morgan fingerprint density at radius 1 is 1.53 bits per heavy atom. The Bertz CT molecular complexity index is 483. The van der Waals surface area contributed by atoms with Gasteiger partial charge in [-0.05, 0) is 35.6 Å². The third kappa shape index (κ3) is 3.42. The fourth-order valence-electron chi connectivity index (χ4n) is 2.37. The minimum absolute atomic E-state index is 0.481. The number of anilines is 1. The van der Waals surface area contributed by atoms with Crippen LogP contribution in [0.15, 0.2) is 23.1 Å². The lowest BCUT2D eigenvalue weighted by molar-refractivity contribution is 0.573. The minimum atomic E-state index is 0.481. The quantitative estimate of drug-likeness (QED) is 0.616. The summed E-state index contributed by atoms with van der Waals surface area (Å²) in [6.07, 6.45) is 1.30. The third-order valence-electron chi connectivity index (χ3n) is 3.83. The summed E-state index contributed by atoms with van der Waals surface area (Å²) in [7, 11) is 0. The van der Waals surface area contributed by atoms with Crippen LogP contribution in [0.3, 0.4) is 0 Å². The van der Waals surface area contributed by atoms with E-state index >= 15 is 0 Å². The van der Waals surface area contributed by atoms with E-state index in [2.05, 4.69) is 44.3 Å². The first-order valence-electron chi connectivity index (χ1n) is 6.75. The number of thioether (sulfide) groups is 1. The van der Waals surface area contributed by atoms with E-state index in [0.717, 1.165) is 29.5 Å². The molecule has 4 heteroatoms. The molecule has 0 bridgehead atoms. The summed E-state index contributed by atoms with van der Waals surface area (Å²) in [5, 5.41) is 3.53. The molecule has 1 aromatic carbocycles. The van der Waals surface area contributed by atoms with Crippen molar-refractivity contribution < 1.29 is 0 Å². The van der Waals surface area contributed by atoms with Gasteiger partial charge in [0, 0.05) is 22.7 Å². The molecular formula is C15H22N2S2. The molecule has 0 saturated heterocycles. The SMILES string of the molecule is CCSc1cccc(NCC2CC2(C)C)c1C(N)=S. The van der Waals surface area contributed by atoms with E-state index < -0.39 is 0 Å². The third-order valence-corrected chi connectivity index (χ3v) is 4.97. The summed E-state index contributed by atoms with van der Waals surface area (Å²) in [5.74, 6) is 1.78. The zero-order valence-corrected chi connectivity index (χ0v) is 13.5. The van der Waals surface area contributed by atoms with Crippen molar-refractivity contribution in [3.63, 3.8) is 0 Å². The molecule has 0 aromatic heterocycles. The van der Waals surface area contributed by atoms with Gasteiger partial charge in [-0.1, -0.05) is 39.1 Å². The van der Waals surface area contributed by atoms with Crippen LogP contribution in [0.4, 0.5) is 5.69 Å². The second-order valence-electron chi connectivity index (χ2n) is 5.75. The first-order chi connectivity index (χ1) is 8.95. The van der Waals surface area contributed by atoms with Crippen molar-refractivity contribution in [2.45, 2.75) is 32.1 Å². The molecule has 0 amide bonds. The first-order valence-corrected chi connectivity index (χ1v) is 8.14. The van der Waals surface area contributed by atoms with Crippen molar-refractivity contribution in [3.8, 4) is 0 Å². The molecule has 1 fully saturated rings. The van der Waals surface area contributed by atoms with Gasteiger partial charge in [0.25, 0.3) is 0 Å². The second kappa shape index (κ2) is 5.71. The Kier molecular flexibility index (Phi) is 4.41. The zero-order valence-electron chi connectivity index (χ0n) is 11.8. The van der Waals surface area contributed by atoms with E-state index in [1.54, 1.807) is 11.8 Å². The summed E-state index contributed by atoms with van der Waals surface area (Å²) in [6.45, 7) is 7.78. The van der Waals surface area contributed by atoms with E-state index in [4.69, 9.17) is 18.0 Å². The van der Waals surface area contributed by atoms with Gasteiger partial charge in [-0.25, -0.2) is 0 Å². The van der Waals surface area contributed by atoms with Crippen molar-refractivity contribution >= 4 is 34.7 Å². The molecule has 19 heavy (non-hydrogen) atoms. The van der Waals surface area contributed by atoms with Crippen LogP contribution in [0, 0.1) is 11.3 Å². The van der Waals surface area contributed by atoms with Gasteiger partial charge in [-0.3, -0.25) is 0 Å². The number of rotatable bonds is 6. The van der Waals surface area contributed by atoms with Gasteiger partial charge < -0.3 is 11.1 Å². The highest BCUT2D eigenvalue weighted by Gasteiger charge is 2.45. The average Bonchev–Trinajstić information content (AvgIpc) is 2.94. The van der Waals surface area contributed by atoms with E-state index in [1.807, 2.05) is 0 Å². The second-order valence-corrected chi connectivity index (χ2v) is 7.49. The molecule has 1 aliphatic rings. The van der Waals surface area contributed by atoms with E-state index in [-0.39, 0.29) is 0 Å². The van der Waals surface area contributed by atoms with Crippen LogP contribution in [0.2, 0.25) is 0 Å². The van der Waals surface area contributed by atoms with Crippen LogP contribution in [0.1, 0.15) is 32.8 Å². The van der Waals surface area contributed by atoms with Crippen LogP contribution < -0.4 is 11.1 Å². The summed E-state index contributed by atoms with van der Waals surface area (Å²) in [4.78, 5) is 1.66. The van der Waals surface area contributed by atoms with Gasteiger partial charge in [-0.2, -0.15) is 0 Å². The lowest BCUT2D eigenvalue weighted by Gasteiger charge is -2.15. The van der Waals surface area contributed by atoms with Gasteiger partial charge in [0.2, 0.25) is 0 Å². The van der Waals surface area contributed by atoms with Crippen LogP contribution in [-0.4, -0.2) is 17.3 Å². The molecular weight excluding hydrogens is 272 g/mol. The maximum Gasteiger partial charge on any atom is 0.107 e. The molecule has 3 N–H and O–H groups in total. The highest BCUT2D eigenvalue weighted by Crippen LogP contribution is 2.51. The van der Waals surface area contributed by atoms with Gasteiger partial charge in [-0.15, -0.1) is 11.8 Å². The minimum Gasteiger partial charge on any atom is -0.389 e. The zero-order chi connectivity index (χ0) is 14.0. The van der Waals surface area contributed by atoms with Crippen molar-refractivity contribution in [2.75, 3.05) is 17.6 Å². The molecule has 2 rings (SSSR count). The lowest BCUT2D eigenvalue weighted by Crippen LogP contribution is -2.16. The fourth-order valence-corrected chi connectivity index (χ4v) is 3.50. The molecule has 0 radical (unpaired) electrons. The molecule has 1 atom stereocenters. The van der Waals surface area contributed by atoms with Crippen LogP contribution in [-0.2, 0) is 0 Å². The van der Waals surface area contributed by atoms with Crippen molar-refractivity contribution in [3.05, 3.63) is 23.8 Å². The van der Waals surface area contributed by atoms with Gasteiger partial charge in [0.05, 0.1) is 0 Å². The normalized spacial score (nSPS) is 20.1. The molecule has 1 aromatic rings. The Balaban J connectivity index is 2.14. The van der Waals surface area contributed by atoms with Crippen LogP contribution >= 0.6 is 24.0 Å². The number of thiocarbonyl (C=S) groups is 1. The van der Waals surface area contributed by atoms with Gasteiger partial charge in [0.1, 0.15) is 4.99 Å². The molecule has 1 unspecified atom stereocenters. The van der Waals surface area contributed by atoms with Crippen molar-refractivity contribution in [1.29, 1.82) is 0 Å². The smallest absolute Gasteiger partial charge is 0.107 e. The number of nitrogens with two attached hydrogens (primary N) is 1. The van der Waals surface area contributed by atoms with Crippen molar-refractivity contribution in [2.24, 2.45) is 17.1 Å². The van der Waals surface area contributed by atoms with Gasteiger partial charge >= 0.3 is 0 Å². The van der Waals surface area contributed by atoms with E-state index in [0.29, 0.717) is 10.4 Å². The topological polar surface area (TPSA) is 38.0 Å². The van der Waals surface area contributed by atoms with E-state index in [1.165, 1.54) is 11.3 Å². The standard InChI is InChI=1S/C15H22N2S2/c1-4-19-12-7-5-6-11(13(12)14(16)18)17-9-10-8-15(10,2)3/h5-7,10,17H,4,8-9H2,1-3H3,(H2,16,18). The predicted molar refractivity (Wildman–Crippen MR) is 89.1 cm³/mol. The Hall–Kier alpha value is -0.740. The Labute approximate surface area is 125 Å². The first kappa shape index (κ1) is 14.7. The van der Waals surface area contributed by atoms with Crippen molar-refractivity contribution in [1.82, 2.24) is 0 Å². The summed E-state index contributed by atoms with van der Waals surface area (Å²) < 4.78 is 0. The molecule has 0 heterocycles. The Morgan fingerprint density at radius 2 is 2.21 bits per heavy atom. The molecule has 0 spiro atoms. The molecule has 1 aliphatic carbocycles. The monoisotopic (exact) mass is 294 g/mol. The van der Waals surface area contributed by atoms with Crippen LogP contribution in [0.5, 0.6) is 0 Å². The number of hydrogen-bond acceptors (Lipinski definition) is 3. The summed E-state index contributed by atoms with van der Waals surface area (Å²) >= 11 is 7.00. The van der Waals surface area contributed by atoms with Crippen LogP contribution in [0.25, 0.3) is 0 Å². The molecule has 0 aliphatic heterocycles. The summed E-state index contributed by atoms with van der Waals surface area (Å²) in [5.41, 5.74) is 8.47. The lowest BCUT2D eigenvalue weighted by atomic mass is 10.1. The maximum absolute atomic E-state index is 5.90. The highest BCUT2D eigenvalue weighted by atomic mass is 32.2.